The van der Waals surface area contributed by atoms with Crippen molar-refractivity contribution >= 4 is 22.8 Å². The van der Waals surface area contributed by atoms with Crippen LogP contribution in [0.25, 0.3) is 10.9 Å². The van der Waals surface area contributed by atoms with E-state index < -0.39 is 5.60 Å². The number of amides is 1. The monoisotopic (exact) mass is 413 g/mol. The molecule has 1 aromatic carbocycles. The highest BCUT2D eigenvalue weighted by Crippen LogP contribution is 2.34. The van der Waals surface area contributed by atoms with Gasteiger partial charge in [-0.3, -0.25) is 0 Å². The van der Waals surface area contributed by atoms with E-state index in [0.29, 0.717) is 35.9 Å². The summed E-state index contributed by atoms with van der Waals surface area (Å²) in [4.78, 5) is 22.6. The van der Waals surface area contributed by atoms with Crippen LogP contribution in [0.15, 0.2) is 12.1 Å². The van der Waals surface area contributed by atoms with Gasteiger partial charge in [-0.2, -0.15) is 5.26 Å². The van der Waals surface area contributed by atoms with E-state index in [4.69, 9.17) is 14.2 Å². The molecule has 1 fully saturated rings. The van der Waals surface area contributed by atoms with Gasteiger partial charge >= 0.3 is 6.09 Å². The average Bonchev–Trinajstić information content (AvgIpc) is 2.71. The number of piperidine rings is 1. The quantitative estimate of drug-likeness (QED) is 0.813. The molecule has 0 bridgehead atoms. The van der Waals surface area contributed by atoms with E-state index in [1.807, 2.05) is 26.8 Å². The van der Waals surface area contributed by atoms with Crippen molar-refractivity contribution in [3.8, 4) is 17.6 Å². The van der Waals surface area contributed by atoms with Crippen LogP contribution in [0.2, 0.25) is 0 Å². The Hall–Kier alpha value is -3.28. The van der Waals surface area contributed by atoms with Crippen LogP contribution in [0.5, 0.6) is 11.5 Å². The molecule has 1 saturated heterocycles. The number of carbonyl (C=O) groups is 1. The highest BCUT2D eigenvalue weighted by atomic mass is 16.6. The summed E-state index contributed by atoms with van der Waals surface area (Å²) in [7, 11) is 3.11. The number of rotatable bonds is 4. The summed E-state index contributed by atoms with van der Waals surface area (Å²) >= 11 is 0. The van der Waals surface area contributed by atoms with Crippen LogP contribution in [0.4, 0.5) is 10.6 Å². The molecular formula is C21H27N5O4. The van der Waals surface area contributed by atoms with Gasteiger partial charge in [-0.1, -0.05) is 0 Å². The normalized spacial score (nSPS) is 14.9. The molecule has 3 rings (SSSR count). The summed E-state index contributed by atoms with van der Waals surface area (Å²) in [5, 5.41) is 13.5. The first-order valence-electron chi connectivity index (χ1n) is 9.82. The topological polar surface area (TPSA) is 110 Å². The van der Waals surface area contributed by atoms with E-state index in [0.717, 1.165) is 18.2 Å². The first-order chi connectivity index (χ1) is 14.2. The third-order valence-corrected chi connectivity index (χ3v) is 4.79. The molecule has 1 aromatic heterocycles. The maximum Gasteiger partial charge on any atom is 0.410 e. The molecule has 0 atom stereocenters. The first kappa shape index (κ1) is 21.4. The van der Waals surface area contributed by atoms with E-state index in [9.17, 15) is 10.1 Å². The molecule has 0 aliphatic carbocycles. The van der Waals surface area contributed by atoms with Gasteiger partial charge in [0.15, 0.2) is 11.5 Å². The molecule has 1 amide bonds. The second-order valence-electron chi connectivity index (χ2n) is 8.12. The fraction of sp³-hybridized carbons (Fsp3) is 0.524. The number of benzene rings is 1. The SMILES string of the molecule is COc1cc2nc(C#N)nc(NC3CCN(C(=O)OC(C)(C)C)CC3)c2cc1OC. The summed E-state index contributed by atoms with van der Waals surface area (Å²) < 4.78 is 16.2. The molecule has 30 heavy (non-hydrogen) atoms. The van der Waals surface area contributed by atoms with Gasteiger partial charge in [-0.25, -0.2) is 14.8 Å². The molecule has 0 radical (unpaired) electrons. The Labute approximate surface area is 175 Å². The standard InChI is InChI=1S/C21H27N5O4/c1-21(2,3)30-20(27)26-8-6-13(7-9-26)23-19-14-10-16(28-4)17(29-5)11-15(14)24-18(12-22)25-19/h10-11,13H,6-9H2,1-5H3,(H,23,24,25). The lowest BCUT2D eigenvalue weighted by molar-refractivity contribution is 0.0210. The number of methoxy groups -OCH3 is 2. The minimum atomic E-state index is -0.514. The molecule has 0 unspecified atom stereocenters. The van der Waals surface area contributed by atoms with Crippen molar-refractivity contribution in [3.63, 3.8) is 0 Å². The Kier molecular flexibility index (Phi) is 6.15. The van der Waals surface area contributed by atoms with E-state index in [2.05, 4.69) is 15.3 Å². The van der Waals surface area contributed by atoms with Crippen LogP contribution in [-0.4, -0.2) is 59.9 Å². The first-order valence-corrected chi connectivity index (χ1v) is 9.82. The molecule has 0 spiro atoms. The largest absolute Gasteiger partial charge is 0.493 e. The highest BCUT2D eigenvalue weighted by Gasteiger charge is 2.27. The number of hydrogen-bond acceptors (Lipinski definition) is 8. The van der Waals surface area contributed by atoms with Gasteiger partial charge in [0.25, 0.3) is 0 Å². The summed E-state index contributed by atoms with van der Waals surface area (Å²) in [5.41, 5.74) is 0.0766. The number of ether oxygens (including phenoxy) is 3. The lowest BCUT2D eigenvalue weighted by atomic mass is 10.0. The lowest BCUT2D eigenvalue weighted by Crippen LogP contribution is -2.44. The Morgan fingerprint density at radius 1 is 1.17 bits per heavy atom. The van der Waals surface area contributed by atoms with Gasteiger partial charge in [0.2, 0.25) is 5.82 Å². The van der Waals surface area contributed by atoms with E-state index in [-0.39, 0.29) is 18.0 Å². The van der Waals surface area contributed by atoms with Crippen molar-refractivity contribution in [2.24, 2.45) is 0 Å². The zero-order chi connectivity index (χ0) is 21.9. The second kappa shape index (κ2) is 8.61. The summed E-state index contributed by atoms with van der Waals surface area (Å²) in [6.45, 7) is 6.73. The predicted molar refractivity (Wildman–Crippen MR) is 112 cm³/mol. The lowest BCUT2D eigenvalue weighted by Gasteiger charge is -2.34. The number of likely N-dealkylation sites (tertiary alicyclic amines) is 1. The third kappa shape index (κ3) is 4.82. The molecular weight excluding hydrogens is 386 g/mol. The van der Waals surface area contributed by atoms with Gasteiger partial charge in [0, 0.05) is 30.6 Å². The number of carbonyl (C=O) groups excluding carboxylic acids is 1. The van der Waals surface area contributed by atoms with Gasteiger partial charge in [-0.05, 0) is 39.7 Å². The predicted octanol–water partition coefficient (Wildman–Crippen LogP) is 3.33. The zero-order valence-electron chi connectivity index (χ0n) is 18.0. The van der Waals surface area contributed by atoms with E-state index in [1.54, 1.807) is 31.3 Å². The fourth-order valence-corrected chi connectivity index (χ4v) is 3.34. The smallest absolute Gasteiger partial charge is 0.410 e. The van der Waals surface area contributed by atoms with Crippen molar-refractivity contribution in [1.29, 1.82) is 5.26 Å². The Morgan fingerprint density at radius 2 is 1.80 bits per heavy atom. The van der Waals surface area contributed by atoms with Crippen molar-refractivity contribution in [3.05, 3.63) is 18.0 Å². The van der Waals surface area contributed by atoms with Crippen LogP contribution >= 0.6 is 0 Å². The average molecular weight is 413 g/mol. The van der Waals surface area contributed by atoms with E-state index >= 15 is 0 Å². The van der Waals surface area contributed by atoms with Gasteiger partial charge in [0.05, 0.1) is 19.7 Å². The number of aromatic nitrogens is 2. The maximum absolute atomic E-state index is 12.3. The minimum absolute atomic E-state index is 0.0726. The van der Waals surface area contributed by atoms with Crippen molar-refractivity contribution in [1.82, 2.24) is 14.9 Å². The number of hydrogen-bond donors (Lipinski definition) is 1. The summed E-state index contributed by atoms with van der Waals surface area (Å²) in [6, 6.07) is 5.63. The molecule has 160 valence electrons. The van der Waals surface area contributed by atoms with Crippen molar-refractivity contribution in [2.45, 2.75) is 45.3 Å². The fourth-order valence-electron chi connectivity index (χ4n) is 3.34. The molecule has 9 heteroatoms. The Balaban J connectivity index is 1.79. The number of nitrogens with one attached hydrogen (secondary N) is 1. The van der Waals surface area contributed by atoms with Crippen LogP contribution in [0.3, 0.4) is 0 Å². The van der Waals surface area contributed by atoms with Crippen LogP contribution in [0, 0.1) is 11.3 Å². The Bertz CT molecular complexity index is 972. The Morgan fingerprint density at radius 3 is 2.37 bits per heavy atom. The number of fused-ring (bicyclic) bond motifs is 1. The van der Waals surface area contributed by atoms with Crippen molar-refractivity contribution in [2.75, 3.05) is 32.6 Å². The number of nitrogens with zero attached hydrogens (tertiary/aromatic N) is 4. The molecule has 1 aliphatic heterocycles. The van der Waals surface area contributed by atoms with Crippen LogP contribution in [-0.2, 0) is 4.74 Å². The van der Waals surface area contributed by atoms with Gasteiger partial charge in [-0.15, -0.1) is 0 Å². The van der Waals surface area contributed by atoms with Crippen LogP contribution < -0.4 is 14.8 Å². The molecule has 2 heterocycles. The van der Waals surface area contributed by atoms with Gasteiger partial charge in [0.1, 0.15) is 17.5 Å². The summed E-state index contributed by atoms with van der Waals surface area (Å²) in [5.74, 6) is 1.72. The third-order valence-electron chi connectivity index (χ3n) is 4.79. The molecule has 1 N–H and O–H groups in total. The minimum Gasteiger partial charge on any atom is -0.493 e. The molecule has 1 aliphatic rings. The zero-order valence-corrected chi connectivity index (χ0v) is 18.0. The molecule has 2 aromatic rings. The summed E-state index contributed by atoms with van der Waals surface area (Å²) in [6.07, 6.45) is 1.18. The van der Waals surface area contributed by atoms with Gasteiger partial charge < -0.3 is 24.4 Å². The highest BCUT2D eigenvalue weighted by molar-refractivity contribution is 5.92. The van der Waals surface area contributed by atoms with Crippen molar-refractivity contribution < 1.29 is 19.0 Å². The number of nitriles is 1. The molecule has 0 saturated carbocycles. The number of anilines is 1. The maximum atomic E-state index is 12.3. The molecule has 9 nitrogen and oxygen atoms in total. The van der Waals surface area contributed by atoms with Crippen LogP contribution in [0.1, 0.15) is 39.4 Å². The van der Waals surface area contributed by atoms with E-state index in [1.165, 1.54) is 0 Å². The second-order valence-corrected chi connectivity index (χ2v) is 8.12.